The molecule has 0 bridgehead atoms. The van der Waals surface area contributed by atoms with Gasteiger partial charge in [-0.1, -0.05) is 18.2 Å². The summed E-state index contributed by atoms with van der Waals surface area (Å²) >= 11 is 0. The lowest BCUT2D eigenvalue weighted by Gasteiger charge is -2.25. The summed E-state index contributed by atoms with van der Waals surface area (Å²) in [6, 6.07) is 8.09. The lowest BCUT2D eigenvalue weighted by atomic mass is 10.1. The molecule has 2 rings (SSSR count). The van der Waals surface area contributed by atoms with Gasteiger partial charge < -0.3 is 19.7 Å². The van der Waals surface area contributed by atoms with Crippen molar-refractivity contribution < 1.29 is 9.47 Å². The zero-order valence-electron chi connectivity index (χ0n) is 15.8. The molecule has 1 aromatic rings. The summed E-state index contributed by atoms with van der Waals surface area (Å²) in [6.45, 7) is 10.4. The molecule has 1 N–H and O–H groups in total. The number of hydrogen-bond acceptors (Lipinski definition) is 3. The van der Waals surface area contributed by atoms with Crippen LogP contribution in [0.4, 0.5) is 0 Å². The third-order valence-corrected chi connectivity index (χ3v) is 4.17. The zero-order chi connectivity index (χ0) is 17.4. The molecule has 0 saturated carbocycles. The van der Waals surface area contributed by atoms with Gasteiger partial charge in [0.1, 0.15) is 11.9 Å². The van der Waals surface area contributed by atoms with Gasteiger partial charge in [-0.15, -0.1) is 24.0 Å². The average Bonchev–Trinajstić information content (AvgIpc) is 3.06. The Morgan fingerprint density at radius 1 is 1.44 bits per heavy atom. The van der Waals surface area contributed by atoms with Crippen LogP contribution in [0.5, 0.6) is 5.75 Å². The number of hydrogen-bond donors (Lipinski definition) is 1. The van der Waals surface area contributed by atoms with Crippen LogP contribution in [0, 0.1) is 12.8 Å². The zero-order valence-corrected chi connectivity index (χ0v) is 18.2. The lowest BCUT2D eigenvalue weighted by molar-refractivity contribution is 0.181. The van der Waals surface area contributed by atoms with Crippen LogP contribution in [-0.2, 0) is 4.74 Å². The van der Waals surface area contributed by atoms with E-state index in [4.69, 9.17) is 14.5 Å². The number of ether oxygens (including phenoxy) is 2. The molecule has 1 fully saturated rings. The summed E-state index contributed by atoms with van der Waals surface area (Å²) in [5, 5.41) is 3.37. The first-order chi connectivity index (χ1) is 11.6. The molecule has 2 atom stereocenters. The fraction of sp³-hybridized carbons (Fsp3) is 0.632. The number of benzene rings is 1. The number of halogens is 1. The molecule has 0 aromatic heterocycles. The predicted molar refractivity (Wildman–Crippen MR) is 114 cm³/mol. The minimum Gasteiger partial charge on any atom is -0.489 e. The van der Waals surface area contributed by atoms with E-state index in [1.54, 1.807) is 0 Å². The monoisotopic (exact) mass is 461 g/mol. The molecule has 1 saturated heterocycles. The maximum Gasteiger partial charge on any atom is 0.193 e. The van der Waals surface area contributed by atoms with E-state index in [0.29, 0.717) is 12.5 Å². The van der Waals surface area contributed by atoms with Crippen LogP contribution in [0.15, 0.2) is 29.3 Å². The van der Waals surface area contributed by atoms with E-state index in [-0.39, 0.29) is 30.1 Å². The Hall–Kier alpha value is -1.02. The van der Waals surface area contributed by atoms with Crippen molar-refractivity contribution >= 4 is 29.9 Å². The standard InChI is InChI=1S/C19H31N3O2.HI/c1-5-20-19(22(4)13-17-10-11-23-14-17)21-12-16(3)24-18-9-7-6-8-15(18)2;/h6-9,16-17H,5,10-14H2,1-4H3,(H,20,21);1H. The van der Waals surface area contributed by atoms with Gasteiger partial charge in [0, 0.05) is 32.7 Å². The molecular weight excluding hydrogens is 429 g/mol. The van der Waals surface area contributed by atoms with Crippen molar-refractivity contribution in [2.75, 3.05) is 39.9 Å². The van der Waals surface area contributed by atoms with E-state index in [9.17, 15) is 0 Å². The Morgan fingerprint density at radius 2 is 2.20 bits per heavy atom. The number of nitrogens with one attached hydrogen (secondary N) is 1. The topological polar surface area (TPSA) is 46.1 Å². The summed E-state index contributed by atoms with van der Waals surface area (Å²) in [7, 11) is 2.09. The largest absolute Gasteiger partial charge is 0.489 e. The van der Waals surface area contributed by atoms with E-state index in [1.807, 2.05) is 18.2 Å². The first-order valence-corrected chi connectivity index (χ1v) is 8.89. The van der Waals surface area contributed by atoms with Crippen LogP contribution in [0.2, 0.25) is 0 Å². The molecule has 25 heavy (non-hydrogen) atoms. The number of aliphatic imine (C=N–C) groups is 1. The van der Waals surface area contributed by atoms with Gasteiger partial charge in [-0.25, -0.2) is 4.99 Å². The first-order valence-electron chi connectivity index (χ1n) is 8.89. The average molecular weight is 461 g/mol. The summed E-state index contributed by atoms with van der Waals surface area (Å²) in [5.41, 5.74) is 1.15. The molecule has 0 radical (unpaired) electrons. The lowest BCUT2D eigenvalue weighted by Crippen LogP contribution is -2.42. The number of guanidine groups is 1. The highest BCUT2D eigenvalue weighted by atomic mass is 127. The van der Waals surface area contributed by atoms with E-state index in [0.717, 1.165) is 50.0 Å². The molecule has 0 amide bonds. The van der Waals surface area contributed by atoms with Crippen molar-refractivity contribution in [3.05, 3.63) is 29.8 Å². The first kappa shape index (κ1) is 22.0. The molecule has 5 nitrogen and oxygen atoms in total. The Kier molecular flexibility index (Phi) is 10.2. The Labute approximate surface area is 169 Å². The van der Waals surface area contributed by atoms with Crippen LogP contribution < -0.4 is 10.1 Å². The highest BCUT2D eigenvalue weighted by Crippen LogP contribution is 2.18. The highest BCUT2D eigenvalue weighted by Gasteiger charge is 2.19. The van der Waals surface area contributed by atoms with Crippen molar-refractivity contribution in [1.29, 1.82) is 0 Å². The number of nitrogens with zero attached hydrogens (tertiary/aromatic N) is 2. The van der Waals surface area contributed by atoms with Gasteiger partial charge in [0.25, 0.3) is 0 Å². The minimum absolute atomic E-state index is 0. The van der Waals surface area contributed by atoms with Gasteiger partial charge in [0.15, 0.2) is 5.96 Å². The maximum absolute atomic E-state index is 6.01. The van der Waals surface area contributed by atoms with E-state index < -0.39 is 0 Å². The van der Waals surface area contributed by atoms with Gasteiger partial charge in [-0.2, -0.15) is 0 Å². The fourth-order valence-electron chi connectivity index (χ4n) is 2.83. The Bertz CT molecular complexity index is 533. The third kappa shape index (κ3) is 7.40. The van der Waals surface area contributed by atoms with Crippen LogP contribution >= 0.6 is 24.0 Å². The van der Waals surface area contributed by atoms with Crippen LogP contribution in [0.3, 0.4) is 0 Å². The van der Waals surface area contributed by atoms with Crippen molar-refractivity contribution in [2.45, 2.75) is 33.3 Å². The predicted octanol–water partition coefficient (Wildman–Crippen LogP) is 3.31. The normalized spacial score (nSPS) is 18.4. The van der Waals surface area contributed by atoms with E-state index in [1.165, 1.54) is 0 Å². The quantitative estimate of drug-likeness (QED) is 0.385. The number of rotatable bonds is 7. The molecule has 0 aliphatic carbocycles. The van der Waals surface area contributed by atoms with Gasteiger partial charge in [0.05, 0.1) is 13.2 Å². The van der Waals surface area contributed by atoms with Crippen LogP contribution in [-0.4, -0.2) is 56.9 Å². The minimum atomic E-state index is 0. The fourth-order valence-corrected chi connectivity index (χ4v) is 2.83. The number of para-hydroxylation sites is 1. The van der Waals surface area contributed by atoms with Crippen LogP contribution in [0.1, 0.15) is 25.8 Å². The van der Waals surface area contributed by atoms with E-state index >= 15 is 0 Å². The Morgan fingerprint density at radius 3 is 2.84 bits per heavy atom. The molecule has 1 aliphatic rings. The van der Waals surface area contributed by atoms with Gasteiger partial charge >= 0.3 is 0 Å². The summed E-state index contributed by atoms with van der Waals surface area (Å²) in [5.74, 6) is 2.46. The van der Waals surface area contributed by atoms with Crippen molar-refractivity contribution in [3.8, 4) is 5.75 Å². The molecule has 6 heteroatoms. The second-order valence-corrected chi connectivity index (χ2v) is 6.50. The summed E-state index contributed by atoms with van der Waals surface area (Å²) in [4.78, 5) is 6.94. The molecule has 0 spiro atoms. The summed E-state index contributed by atoms with van der Waals surface area (Å²) < 4.78 is 11.5. The molecule has 1 aromatic carbocycles. The third-order valence-electron chi connectivity index (χ3n) is 4.17. The van der Waals surface area contributed by atoms with Crippen molar-refractivity contribution in [1.82, 2.24) is 10.2 Å². The molecule has 1 heterocycles. The second-order valence-electron chi connectivity index (χ2n) is 6.50. The van der Waals surface area contributed by atoms with Crippen molar-refractivity contribution in [2.24, 2.45) is 10.9 Å². The van der Waals surface area contributed by atoms with Gasteiger partial charge in [0.2, 0.25) is 0 Å². The number of aryl methyl sites for hydroxylation is 1. The van der Waals surface area contributed by atoms with Crippen molar-refractivity contribution in [3.63, 3.8) is 0 Å². The highest BCUT2D eigenvalue weighted by molar-refractivity contribution is 14.0. The van der Waals surface area contributed by atoms with Crippen LogP contribution in [0.25, 0.3) is 0 Å². The smallest absolute Gasteiger partial charge is 0.193 e. The SMILES string of the molecule is CCNC(=NCC(C)Oc1ccccc1C)N(C)CC1CCOC1.I. The molecule has 1 aliphatic heterocycles. The molecule has 2 unspecified atom stereocenters. The maximum atomic E-state index is 6.01. The molecular formula is C19H32IN3O2. The summed E-state index contributed by atoms with van der Waals surface area (Å²) in [6.07, 6.45) is 1.17. The van der Waals surface area contributed by atoms with E-state index in [2.05, 4.69) is 44.1 Å². The van der Waals surface area contributed by atoms with Gasteiger partial charge in [-0.05, 0) is 38.8 Å². The second kappa shape index (κ2) is 11.6. The Balaban J connectivity index is 0.00000312. The molecule has 142 valence electrons. The van der Waals surface area contributed by atoms with Gasteiger partial charge in [-0.3, -0.25) is 0 Å².